The highest BCUT2D eigenvalue weighted by atomic mass is 15.4. The number of aliphatic imine (C=N–C) groups is 1. The molecule has 1 atom stereocenters. The third-order valence-corrected chi connectivity index (χ3v) is 5.21. The van der Waals surface area contributed by atoms with E-state index in [2.05, 4.69) is 44.7 Å². The van der Waals surface area contributed by atoms with Crippen LogP contribution in [0.2, 0.25) is 0 Å². The quantitative estimate of drug-likeness (QED) is 0.453. The molecule has 1 saturated heterocycles. The fourth-order valence-electron chi connectivity index (χ4n) is 3.48. The molecular formula is C20H41N3. The largest absolute Gasteiger partial charge is 0.344 e. The zero-order chi connectivity index (χ0) is 17.1. The molecule has 0 aromatic rings. The molecule has 1 unspecified atom stereocenters. The normalized spacial score (nSPS) is 17.7. The molecule has 0 radical (unpaired) electrons. The first-order chi connectivity index (χ1) is 11.0. The standard InChI is InChI=1S/C20H41N3/c1-6-8-10-12-14-16-20(3,15-13-11-9-7-2)21-19-22(4)17-18-23(19)5/h6-18H2,1-5H3. The van der Waals surface area contributed by atoms with Gasteiger partial charge < -0.3 is 9.80 Å². The van der Waals surface area contributed by atoms with Crippen molar-refractivity contribution in [1.82, 2.24) is 9.80 Å². The first-order valence-corrected chi connectivity index (χ1v) is 10.0. The number of hydrogen-bond donors (Lipinski definition) is 0. The van der Waals surface area contributed by atoms with Crippen LogP contribution in [0.5, 0.6) is 0 Å². The Balaban J connectivity index is 2.61. The lowest BCUT2D eigenvalue weighted by Gasteiger charge is -2.29. The molecule has 136 valence electrons. The Hall–Kier alpha value is -0.730. The van der Waals surface area contributed by atoms with Crippen LogP contribution in [0.3, 0.4) is 0 Å². The van der Waals surface area contributed by atoms with Crippen molar-refractivity contribution in [3.05, 3.63) is 0 Å². The van der Waals surface area contributed by atoms with Crippen molar-refractivity contribution in [2.45, 2.75) is 96.9 Å². The lowest BCUT2D eigenvalue weighted by atomic mass is 9.88. The topological polar surface area (TPSA) is 18.8 Å². The zero-order valence-electron chi connectivity index (χ0n) is 16.5. The molecule has 0 N–H and O–H groups in total. The van der Waals surface area contributed by atoms with Gasteiger partial charge in [0.15, 0.2) is 5.96 Å². The maximum atomic E-state index is 5.25. The summed E-state index contributed by atoms with van der Waals surface area (Å²) in [4.78, 5) is 9.90. The first-order valence-electron chi connectivity index (χ1n) is 10.0. The van der Waals surface area contributed by atoms with Gasteiger partial charge in [0.05, 0.1) is 5.54 Å². The van der Waals surface area contributed by atoms with Gasteiger partial charge in [0, 0.05) is 27.2 Å². The average Bonchev–Trinajstić information content (AvgIpc) is 2.83. The molecule has 0 saturated carbocycles. The van der Waals surface area contributed by atoms with Crippen LogP contribution in [-0.4, -0.2) is 48.5 Å². The molecule has 1 fully saturated rings. The summed E-state index contributed by atoms with van der Waals surface area (Å²) in [5.74, 6) is 1.21. The maximum absolute atomic E-state index is 5.25. The van der Waals surface area contributed by atoms with Gasteiger partial charge in [-0.3, -0.25) is 0 Å². The van der Waals surface area contributed by atoms with Gasteiger partial charge in [-0.2, -0.15) is 0 Å². The second-order valence-corrected chi connectivity index (χ2v) is 7.73. The van der Waals surface area contributed by atoms with E-state index in [0.717, 1.165) is 13.1 Å². The van der Waals surface area contributed by atoms with Crippen LogP contribution < -0.4 is 0 Å². The van der Waals surface area contributed by atoms with Gasteiger partial charge in [-0.25, -0.2) is 4.99 Å². The second kappa shape index (κ2) is 10.9. The van der Waals surface area contributed by atoms with Crippen molar-refractivity contribution < 1.29 is 0 Å². The molecule has 0 spiro atoms. The molecule has 0 amide bonds. The van der Waals surface area contributed by atoms with E-state index in [0.29, 0.717) is 0 Å². The van der Waals surface area contributed by atoms with Gasteiger partial charge in [-0.1, -0.05) is 71.6 Å². The maximum Gasteiger partial charge on any atom is 0.196 e. The van der Waals surface area contributed by atoms with E-state index in [9.17, 15) is 0 Å². The third-order valence-electron chi connectivity index (χ3n) is 5.21. The summed E-state index contributed by atoms with van der Waals surface area (Å²) in [6.45, 7) is 9.19. The Morgan fingerprint density at radius 2 is 1.22 bits per heavy atom. The van der Waals surface area contributed by atoms with Crippen molar-refractivity contribution >= 4 is 5.96 Å². The van der Waals surface area contributed by atoms with E-state index < -0.39 is 0 Å². The molecular weight excluding hydrogens is 282 g/mol. The number of rotatable bonds is 12. The Kier molecular flexibility index (Phi) is 9.66. The van der Waals surface area contributed by atoms with E-state index in [-0.39, 0.29) is 5.54 Å². The lowest BCUT2D eigenvalue weighted by Crippen LogP contribution is -2.34. The SMILES string of the molecule is CCCCCCCC(C)(CCCCCC)N=C1N(C)CCN1C. The van der Waals surface area contributed by atoms with Crippen molar-refractivity contribution in [3.8, 4) is 0 Å². The Morgan fingerprint density at radius 1 is 0.783 bits per heavy atom. The summed E-state index contributed by atoms with van der Waals surface area (Å²) >= 11 is 0. The highest BCUT2D eigenvalue weighted by Crippen LogP contribution is 2.28. The molecule has 3 nitrogen and oxygen atoms in total. The molecule has 3 heteroatoms. The van der Waals surface area contributed by atoms with Crippen molar-refractivity contribution in [1.29, 1.82) is 0 Å². The summed E-state index contributed by atoms with van der Waals surface area (Å²) in [7, 11) is 4.36. The number of hydrogen-bond acceptors (Lipinski definition) is 1. The van der Waals surface area contributed by atoms with Crippen LogP contribution in [0.15, 0.2) is 4.99 Å². The third kappa shape index (κ3) is 7.58. The first kappa shape index (κ1) is 20.3. The van der Waals surface area contributed by atoms with Crippen molar-refractivity contribution in [2.75, 3.05) is 27.2 Å². The number of guanidine groups is 1. The minimum absolute atomic E-state index is 0.127. The minimum Gasteiger partial charge on any atom is -0.344 e. The van der Waals surface area contributed by atoms with Gasteiger partial charge in [0.1, 0.15) is 0 Å². The molecule has 23 heavy (non-hydrogen) atoms. The Morgan fingerprint density at radius 3 is 1.70 bits per heavy atom. The van der Waals surface area contributed by atoms with Gasteiger partial charge in [0.2, 0.25) is 0 Å². The molecule has 0 aromatic carbocycles. The zero-order valence-corrected chi connectivity index (χ0v) is 16.5. The lowest BCUT2D eigenvalue weighted by molar-refractivity contribution is 0.358. The number of unbranched alkanes of at least 4 members (excludes halogenated alkanes) is 7. The summed E-state index contributed by atoms with van der Waals surface area (Å²) < 4.78 is 0. The van der Waals surface area contributed by atoms with Gasteiger partial charge in [-0.05, 0) is 19.8 Å². The Labute approximate surface area is 145 Å². The van der Waals surface area contributed by atoms with E-state index in [1.54, 1.807) is 0 Å². The van der Waals surface area contributed by atoms with Gasteiger partial charge in [0.25, 0.3) is 0 Å². The van der Waals surface area contributed by atoms with E-state index in [1.165, 1.54) is 76.6 Å². The second-order valence-electron chi connectivity index (χ2n) is 7.73. The fraction of sp³-hybridized carbons (Fsp3) is 0.950. The van der Waals surface area contributed by atoms with E-state index in [1.807, 2.05) is 0 Å². The van der Waals surface area contributed by atoms with Crippen LogP contribution in [0.4, 0.5) is 0 Å². The smallest absolute Gasteiger partial charge is 0.196 e. The van der Waals surface area contributed by atoms with Crippen LogP contribution >= 0.6 is 0 Å². The average molecular weight is 324 g/mol. The van der Waals surface area contributed by atoms with Crippen molar-refractivity contribution in [3.63, 3.8) is 0 Å². The van der Waals surface area contributed by atoms with Crippen molar-refractivity contribution in [2.24, 2.45) is 4.99 Å². The van der Waals surface area contributed by atoms with Crippen LogP contribution in [0.1, 0.15) is 91.4 Å². The fourth-order valence-corrected chi connectivity index (χ4v) is 3.48. The van der Waals surface area contributed by atoms with E-state index in [4.69, 9.17) is 4.99 Å². The van der Waals surface area contributed by atoms with Crippen LogP contribution in [0, 0.1) is 0 Å². The molecule has 1 rings (SSSR count). The van der Waals surface area contributed by atoms with Crippen LogP contribution in [-0.2, 0) is 0 Å². The molecule has 1 aliphatic rings. The predicted molar refractivity (Wildman–Crippen MR) is 103 cm³/mol. The molecule has 0 aromatic heterocycles. The highest BCUT2D eigenvalue weighted by molar-refractivity contribution is 5.81. The summed E-state index contributed by atoms with van der Waals surface area (Å²) in [5, 5.41) is 0. The predicted octanol–water partition coefficient (Wildman–Crippen LogP) is 5.31. The van der Waals surface area contributed by atoms with Crippen LogP contribution in [0.25, 0.3) is 0 Å². The summed E-state index contributed by atoms with van der Waals surface area (Å²) in [6, 6.07) is 0. The molecule has 1 aliphatic heterocycles. The number of likely N-dealkylation sites (N-methyl/N-ethyl adjacent to an activating group) is 2. The van der Waals surface area contributed by atoms with Gasteiger partial charge >= 0.3 is 0 Å². The minimum atomic E-state index is 0.127. The number of nitrogens with zero attached hydrogens (tertiary/aromatic N) is 3. The monoisotopic (exact) mass is 323 g/mol. The summed E-state index contributed by atoms with van der Waals surface area (Å²) in [6.07, 6.45) is 14.6. The molecule has 0 bridgehead atoms. The molecule has 0 aliphatic carbocycles. The molecule has 1 heterocycles. The highest BCUT2D eigenvalue weighted by Gasteiger charge is 2.28. The van der Waals surface area contributed by atoms with Gasteiger partial charge in [-0.15, -0.1) is 0 Å². The Bertz CT molecular complexity index is 328. The van der Waals surface area contributed by atoms with E-state index >= 15 is 0 Å². The summed E-state index contributed by atoms with van der Waals surface area (Å²) in [5.41, 5.74) is 0.127.